The summed E-state index contributed by atoms with van der Waals surface area (Å²) >= 11 is 5.68. The van der Waals surface area contributed by atoms with E-state index in [9.17, 15) is 12.8 Å². The second-order valence-electron chi connectivity index (χ2n) is 3.63. The maximum Gasteiger partial charge on any atom is 0.245 e. The molecule has 0 saturated heterocycles. The van der Waals surface area contributed by atoms with E-state index in [0.29, 0.717) is 13.0 Å². The van der Waals surface area contributed by atoms with Gasteiger partial charge in [-0.15, -0.1) is 0 Å². The summed E-state index contributed by atoms with van der Waals surface area (Å²) in [5.41, 5.74) is 5.07. The lowest BCUT2D eigenvalue weighted by Gasteiger charge is -2.17. The van der Waals surface area contributed by atoms with Crippen molar-refractivity contribution in [1.82, 2.24) is 4.31 Å². The summed E-state index contributed by atoms with van der Waals surface area (Å²) < 4.78 is 38.8. The zero-order valence-corrected chi connectivity index (χ0v) is 11.1. The first-order chi connectivity index (χ1) is 7.80. The molecule has 0 bridgehead atoms. The largest absolute Gasteiger partial charge is 0.396 e. The molecular formula is C10H14ClFN2O2S. The van der Waals surface area contributed by atoms with E-state index < -0.39 is 20.7 Å². The third-order valence-electron chi connectivity index (χ3n) is 2.26. The van der Waals surface area contributed by atoms with Gasteiger partial charge >= 0.3 is 0 Å². The third-order valence-corrected chi connectivity index (χ3v) is 4.33. The summed E-state index contributed by atoms with van der Waals surface area (Å²) in [5.74, 6) is -0.961. The molecule has 0 atom stereocenters. The number of halogens is 2. The minimum absolute atomic E-state index is 0.0902. The van der Waals surface area contributed by atoms with Gasteiger partial charge < -0.3 is 5.73 Å². The number of anilines is 1. The zero-order chi connectivity index (χ0) is 13.2. The first kappa shape index (κ1) is 14.2. The van der Waals surface area contributed by atoms with Crippen LogP contribution in [0.2, 0.25) is 5.02 Å². The van der Waals surface area contributed by atoms with Crippen molar-refractivity contribution in [1.29, 1.82) is 0 Å². The number of hydrogen-bond acceptors (Lipinski definition) is 3. The number of rotatable bonds is 4. The minimum atomic E-state index is -3.88. The molecule has 0 aromatic heterocycles. The van der Waals surface area contributed by atoms with Crippen LogP contribution in [0.4, 0.5) is 10.1 Å². The molecule has 2 N–H and O–H groups in total. The molecule has 0 aliphatic heterocycles. The van der Waals surface area contributed by atoms with Gasteiger partial charge in [-0.05, 0) is 18.6 Å². The van der Waals surface area contributed by atoms with Crippen LogP contribution in [0.5, 0.6) is 0 Å². The summed E-state index contributed by atoms with van der Waals surface area (Å²) in [4.78, 5) is -0.488. The van der Waals surface area contributed by atoms with Gasteiger partial charge in [-0.3, -0.25) is 0 Å². The summed E-state index contributed by atoms with van der Waals surface area (Å²) in [6.45, 7) is 2.13. The highest BCUT2D eigenvalue weighted by Gasteiger charge is 2.25. The van der Waals surface area contributed by atoms with Gasteiger partial charge in [0.25, 0.3) is 0 Å². The summed E-state index contributed by atoms with van der Waals surface area (Å²) in [7, 11) is -2.50. The molecule has 1 aromatic carbocycles. The van der Waals surface area contributed by atoms with Crippen molar-refractivity contribution in [3.63, 3.8) is 0 Å². The maximum atomic E-state index is 13.7. The normalized spacial score (nSPS) is 12.1. The van der Waals surface area contributed by atoms with E-state index in [0.717, 1.165) is 10.4 Å². The Morgan fingerprint density at radius 2 is 2.06 bits per heavy atom. The lowest BCUT2D eigenvalue weighted by molar-refractivity contribution is 0.462. The standard InChI is InChI=1S/C10H14ClFN2O2S/c1-3-4-14(2)17(15,16)9-6-7(11)5-8(13)10(9)12/h5-6H,3-4,13H2,1-2H3. The van der Waals surface area contributed by atoms with E-state index in [1.165, 1.54) is 13.1 Å². The van der Waals surface area contributed by atoms with Crippen LogP contribution in [-0.4, -0.2) is 26.3 Å². The molecule has 0 saturated carbocycles. The Morgan fingerprint density at radius 3 is 2.59 bits per heavy atom. The predicted octanol–water partition coefficient (Wildman–Crippen LogP) is 2.09. The molecule has 17 heavy (non-hydrogen) atoms. The molecule has 4 nitrogen and oxygen atoms in total. The Morgan fingerprint density at radius 1 is 1.47 bits per heavy atom. The monoisotopic (exact) mass is 280 g/mol. The van der Waals surface area contributed by atoms with Crippen LogP contribution < -0.4 is 5.73 Å². The van der Waals surface area contributed by atoms with Crippen LogP contribution in [0.15, 0.2) is 17.0 Å². The van der Waals surface area contributed by atoms with Gasteiger partial charge in [-0.1, -0.05) is 18.5 Å². The van der Waals surface area contributed by atoms with Crippen LogP contribution in [0.1, 0.15) is 13.3 Å². The van der Waals surface area contributed by atoms with E-state index >= 15 is 0 Å². The van der Waals surface area contributed by atoms with Crippen LogP contribution in [0, 0.1) is 5.82 Å². The molecule has 0 radical (unpaired) electrons. The van der Waals surface area contributed by atoms with Gasteiger partial charge in [0.2, 0.25) is 10.0 Å². The molecule has 0 spiro atoms. The fraction of sp³-hybridized carbons (Fsp3) is 0.400. The van der Waals surface area contributed by atoms with Crippen molar-refractivity contribution >= 4 is 27.3 Å². The highest BCUT2D eigenvalue weighted by Crippen LogP contribution is 2.27. The van der Waals surface area contributed by atoms with Crippen molar-refractivity contribution in [2.75, 3.05) is 19.3 Å². The SMILES string of the molecule is CCCN(C)S(=O)(=O)c1cc(Cl)cc(N)c1F. The van der Waals surface area contributed by atoms with Crippen molar-refractivity contribution in [3.8, 4) is 0 Å². The Bertz CT molecular complexity index is 519. The number of sulfonamides is 1. The topological polar surface area (TPSA) is 63.4 Å². The number of hydrogen-bond donors (Lipinski definition) is 1. The molecule has 0 aliphatic carbocycles. The van der Waals surface area contributed by atoms with Crippen LogP contribution in [0.3, 0.4) is 0 Å². The van der Waals surface area contributed by atoms with Gasteiger partial charge in [0.1, 0.15) is 4.90 Å². The summed E-state index contributed by atoms with van der Waals surface area (Å²) in [5, 5.41) is 0.0902. The number of nitrogens with two attached hydrogens (primary N) is 1. The Balaban J connectivity index is 3.33. The van der Waals surface area contributed by atoms with E-state index in [2.05, 4.69) is 0 Å². The zero-order valence-electron chi connectivity index (χ0n) is 9.57. The van der Waals surface area contributed by atoms with Crippen molar-refractivity contribution in [3.05, 3.63) is 23.0 Å². The molecule has 1 aromatic rings. The van der Waals surface area contributed by atoms with Gasteiger partial charge in [0.05, 0.1) is 5.69 Å². The molecule has 0 aliphatic rings. The van der Waals surface area contributed by atoms with Gasteiger partial charge in [0.15, 0.2) is 5.82 Å². The molecule has 7 heteroatoms. The smallest absolute Gasteiger partial charge is 0.245 e. The van der Waals surface area contributed by atoms with Crippen molar-refractivity contribution in [2.24, 2.45) is 0 Å². The average Bonchev–Trinajstić information content (AvgIpc) is 2.23. The molecule has 0 unspecified atom stereocenters. The van der Waals surface area contributed by atoms with Crippen LogP contribution >= 0.6 is 11.6 Å². The lowest BCUT2D eigenvalue weighted by atomic mass is 10.3. The van der Waals surface area contributed by atoms with E-state index in [1.807, 2.05) is 6.92 Å². The van der Waals surface area contributed by atoms with Gasteiger partial charge in [-0.25, -0.2) is 17.1 Å². The molecular weight excluding hydrogens is 267 g/mol. The van der Waals surface area contributed by atoms with Crippen molar-refractivity contribution in [2.45, 2.75) is 18.2 Å². The predicted molar refractivity (Wildman–Crippen MR) is 65.9 cm³/mol. The van der Waals surface area contributed by atoms with E-state index in [4.69, 9.17) is 17.3 Å². The number of nitrogen functional groups attached to an aromatic ring is 1. The second kappa shape index (κ2) is 5.20. The Kier molecular flexibility index (Phi) is 4.35. The molecule has 96 valence electrons. The van der Waals surface area contributed by atoms with Gasteiger partial charge in [-0.2, -0.15) is 0 Å². The quantitative estimate of drug-likeness (QED) is 0.859. The molecule has 0 fully saturated rings. The summed E-state index contributed by atoms with van der Waals surface area (Å²) in [6.07, 6.45) is 0.632. The Hall–Kier alpha value is -0.850. The first-order valence-electron chi connectivity index (χ1n) is 5.01. The number of nitrogens with zero attached hydrogens (tertiary/aromatic N) is 1. The fourth-order valence-corrected chi connectivity index (χ4v) is 3.05. The first-order valence-corrected chi connectivity index (χ1v) is 6.83. The lowest BCUT2D eigenvalue weighted by Crippen LogP contribution is -2.28. The van der Waals surface area contributed by atoms with E-state index in [-0.39, 0.29) is 10.7 Å². The summed E-state index contributed by atoms with van der Waals surface area (Å²) in [6, 6.07) is 2.24. The molecule has 0 heterocycles. The highest BCUT2D eigenvalue weighted by molar-refractivity contribution is 7.89. The maximum absolute atomic E-state index is 13.7. The molecule has 1 rings (SSSR count). The Labute approximate surface area is 105 Å². The fourth-order valence-electron chi connectivity index (χ4n) is 1.38. The van der Waals surface area contributed by atoms with E-state index in [1.54, 1.807) is 0 Å². The second-order valence-corrected chi connectivity index (χ2v) is 6.08. The average molecular weight is 281 g/mol. The molecule has 0 amide bonds. The van der Waals surface area contributed by atoms with Crippen LogP contribution in [-0.2, 0) is 10.0 Å². The third kappa shape index (κ3) is 2.88. The highest BCUT2D eigenvalue weighted by atomic mass is 35.5. The van der Waals surface area contributed by atoms with Crippen LogP contribution in [0.25, 0.3) is 0 Å². The van der Waals surface area contributed by atoms with Crippen molar-refractivity contribution < 1.29 is 12.8 Å². The van der Waals surface area contributed by atoms with Gasteiger partial charge in [0, 0.05) is 18.6 Å². The number of benzene rings is 1. The minimum Gasteiger partial charge on any atom is -0.396 e.